The zero-order valence-electron chi connectivity index (χ0n) is 12.3. The second kappa shape index (κ2) is 6.89. The number of benzene rings is 1. The first-order valence-corrected chi connectivity index (χ1v) is 7.97. The predicted molar refractivity (Wildman–Crippen MR) is 79.8 cm³/mol. The van der Waals surface area contributed by atoms with Gasteiger partial charge >= 0.3 is 0 Å². The molecule has 1 aromatic carbocycles. The van der Waals surface area contributed by atoms with Crippen LogP contribution in [0, 0.1) is 18.8 Å². The van der Waals surface area contributed by atoms with Crippen molar-refractivity contribution in [3.63, 3.8) is 0 Å². The summed E-state index contributed by atoms with van der Waals surface area (Å²) in [7, 11) is -2.00. The summed E-state index contributed by atoms with van der Waals surface area (Å²) in [5.41, 5.74) is 1.35. The molecule has 0 bridgehead atoms. The van der Waals surface area contributed by atoms with Crippen molar-refractivity contribution in [2.24, 2.45) is 0 Å². The van der Waals surface area contributed by atoms with Crippen molar-refractivity contribution in [1.82, 2.24) is 4.31 Å². The predicted octanol–water partition coefficient (Wildman–Crippen LogP) is 1.76. The van der Waals surface area contributed by atoms with Crippen LogP contribution >= 0.6 is 0 Å². The van der Waals surface area contributed by atoms with E-state index in [1.54, 1.807) is 25.2 Å². The zero-order chi connectivity index (χ0) is 15.3. The van der Waals surface area contributed by atoms with Crippen LogP contribution in [0.4, 0.5) is 0 Å². The third-order valence-electron chi connectivity index (χ3n) is 3.31. The molecule has 0 aliphatic rings. The number of rotatable bonds is 4. The summed E-state index contributed by atoms with van der Waals surface area (Å²) in [6.07, 6.45) is 0.735. The van der Waals surface area contributed by atoms with Gasteiger partial charge < -0.3 is 5.11 Å². The van der Waals surface area contributed by atoms with E-state index in [1.807, 2.05) is 20.8 Å². The number of hydrogen-bond acceptors (Lipinski definition) is 3. The summed E-state index contributed by atoms with van der Waals surface area (Å²) in [5, 5.41) is 8.79. The van der Waals surface area contributed by atoms with Crippen LogP contribution in [-0.2, 0) is 10.0 Å². The van der Waals surface area contributed by atoms with Crippen LogP contribution in [0.15, 0.2) is 23.1 Å². The number of aliphatic hydroxyl groups excluding tert-OH is 1. The van der Waals surface area contributed by atoms with Gasteiger partial charge in [-0.3, -0.25) is 0 Å². The van der Waals surface area contributed by atoms with Crippen LogP contribution < -0.4 is 0 Å². The van der Waals surface area contributed by atoms with E-state index in [1.165, 1.54) is 4.31 Å². The lowest BCUT2D eigenvalue weighted by molar-refractivity contribution is 0.350. The largest absolute Gasteiger partial charge is 0.384 e. The van der Waals surface area contributed by atoms with Crippen LogP contribution in [0.25, 0.3) is 0 Å². The maximum atomic E-state index is 12.6. The van der Waals surface area contributed by atoms with E-state index >= 15 is 0 Å². The SMILES string of the molecule is CCC(C)N(C)S(=O)(=O)c1ccc(C)cc1C#CCO. The van der Waals surface area contributed by atoms with Gasteiger partial charge in [-0.2, -0.15) is 4.31 Å². The van der Waals surface area contributed by atoms with Crippen molar-refractivity contribution in [3.8, 4) is 11.8 Å². The quantitative estimate of drug-likeness (QED) is 0.861. The molecule has 5 heteroatoms. The fourth-order valence-electron chi connectivity index (χ4n) is 1.75. The Morgan fingerprint density at radius 3 is 2.60 bits per heavy atom. The average Bonchev–Trinajstić information content (AvgIpc) is 2.43. The first kappa shape index (κ1) is 16.7. The molecule has 1 N–H and O–H groups in total. The number of nitrogens with zero attached hydrogens (tertiary/aromatic N) is 1. The number of hydrogen-bond donors (Lipinski definition) is 1. The standard InChI is InChI=1S/C15H21NO3S/c1-5-13(3)16(4)20(18,19)15-9-8-12(2)11-14(15)7-6-10-17/h8-9,11,13,17H,5,10H2,1-4H3. The Balaban J connectivity index is 3.38. The summed E-state index contributed by atoms with van der Waals surface area (Å²) in [5.74, 6) is 5.22. The van der Waals surface area contributed by atoms with Crippen LogP contribution in [0.1, 0.15) is 31.4 Å². The maximum Gasteiger partial charge on any atom is 0.244 e. The molecule has 1 unspecified atom stereocenters. The van der Waals surface area contributed by atoms with E-state index in [2.05, 4.69) is 11.8 Å². The molecule has 0 saturated carbocycles. The molecule has 0 fully saturated rings. The molecule has 0 aliphatic carbocycles. The van der Waals surface area contributed by atoms with Crippen molar-refractivity contribution in [2.75, 3.05) is 13.7 Å². The molecule has 4 nitrogen and oxygen atoms in total. The third-order valence-corrected chi connectivity index (χ3v) is 5.34. The Kier molecular flexibility index (Phi) is 5.75. The Labute approximate surface area is 121 Å². The maximum absolute atomic E-state index is 12.6. The first-order valence-electron chi connectivity index (χ1n) is 6.53. The fraction of sp³-hybridized carbons (Fsp3) is 0.467. The third kappa shape index (κ3) is 3.60. The Bertz CT molecular complexity index is 626. The number of aliphatic hydroxyl groups is 1. The Morgan fingerprint density at radius 1 is 1.40 bits per heavy atom. The van der Waals surface area contributed by atoms with E-state index in [0.717, 1.165) is 12.0 Å². The van der Waals surface area contributed by atoms with E-state index in [-0.39, 0.29) is 17.5 Å². The minimum Gasteiger partial charge on any atom is -0.384 e. The molecule has 1 rings (SSSR count). The first-order chi connectivity index (χ1) is 9.34. The molecule has 1 atom stereocenters. The van der Waals surface area contributed by atoms with Gasteiger partial charge in [0, 0.05) is 18.7 Å². The minimum atomic E-state index is -3.58. The number of sulfonamides is 1. The van der Waals surface area contributed by atoms with Crippen LogP contribution in [0.3, 0.4) is 0 Å². The molecule has 0 heterocycles. The second-order valence-corrected chi connectivity index (χ2v) is 6.70. The summed E-state index contributed by atoms with van der Waals surface area (Å²) >= 11 is 0. The van der Waals surface area contributed by atoms with Gasteiger partial charge in [-0.15, -0.1) is 0 Å². The summed E-state index contributed by atoms with van der Waals surface area (Å²) in [6, 6.07) is 4.96. The van der Waals surface area contributed by atoms with Crippen molar-refractivity contribution >= 4 is 10.0 Å². The van der Waals surface area contributed by atoms with Gasteiger partial charge in [0.25, 0.3) is 0 Å². The highest BCUT2D eigenvalue weighted by Crippen LogP contribution is 2.22. The molecule has 0 spiro atoms. The van der Waals surface area contributed by atoms with Crippen molar-refractivity contribution < 1.29 is 13.5 Å². The van der Waals surface area contributed by atoms with E-state index in [9.17, 15) is 8.42 Å². The van der Waals surface area contributed by atoms with Gasteiger partial charge in [0.15, 0.2) is 0 Å². The molecule has 0 aromatic heterocycles. The summed E-state index contributed by atoms with van der Waals surface area (Å²) in [4.78, 5) is 0.187. The highest BCUT2D eigenvalue weighted by atomic mass is 32.2. The van der Waals surface area contributed by atoms with Gasteiger partial charge in [-0.05, 0) is 38.0 Å². The van der Waals surface area contributed by atoms with Gasteiger partial charge in [0.1, 0.15) is 6.61 Å². The summed E-state index contributed by atoms with van der Waals surface area (Å²) in [6.45, 7) is 5.39. The smallest absolute Gasteiger partial charge is 0.244 e. The summed E-state index contributed by atoms with van der Waals surface area (Å²) < 4.78 is 26.6. The Morgan fingerprint density at radius 2 is 2.05 bits per heavy atom. The molecule has 0 amide bonds. The van der Waals surface area contributed by atoms with E-state index < -0.39 is 10.0 Å². The fourth-order valence-corrected chi connectivity index (χ4v) is 3.31. The molecular weight excluding hydrogens is 274 g/mol. The highest BCUT2D eigenvalue weighted by molar-refractivity contribution is 7.89. The monoisotopic (exact) mass is 295 g/mol. The molecule has 1 aromatic rings. The van der Waals surface area contributed by atoms with Gasteiger partial charge in [-0.25, -0.2) is 8.42 Å². The van der Waals surface area contributed by atoms with Gasteiger partial charge in [0.2, 0.25) is 10.0 Å². The molecule has 0 radical (unpaired) electrons. The lowest BCUT2D eigenvalue weighted by Gasteiger charge is -2.23. The normalized spacial score (nSPS) is 12.9. The molecule has 20 heavy (non-hydrogen) atoms. The van der Waals surface area contributed by atoms with E-state index in [4.69, 9.17) is 5.11 Å². The second-order valence-electron chi connectivity index (χ2n) is 4.74. The lowest BCUT2D eigenvalue weighted by atomic mass is 10.1. The zero-order valence-corrected chi connectivity index (χ0v) is 13.2. The molecular formula is C15H21NO3S. The van der Waals surface area contributed by atoms with Gasteiger partial charge in [0.05, 0.1) is 4.90 Å². The van der Waals surface area contributed by atoms with E-state index in [0.29, 0.717) is 5.56 Å². The minimum absolute atomic E-state index is 0.0834. The number of aryl methyl sites for hydroxylation is 1. The van der Waals surface area contributed by atoms with Crippen LogP contribution in [-0.4, -0.2) is 37.5 Å². The molecule has 110 valence electrons. The van der Waals surface area contributed by atoms with Crippen LogP contribution in [0.5, 0.6) is 0 Å². The Hall–Kier alpha value is -1.35. The molecule has 0 aliphatic heterocycles. The van der Waals surface area contributed by atoms with Crippen molar-refractivity contribution in [3.05, 3.63) is 29.3 Å². The molecule has 0 saturated heterocycles. The van der Waals surface area contributed by atoms with Crippen molar-refractivity contribution in [1.29, 1.82) is 0 Å². The highest BCUT2D eigenvalue weighted by Gasteiger charge is 2.26. The van der Waals surface area contributed by atoms with Gasteiger partial charge in [-0.1, -0.05) is 24.8 Å². The average molecular weight is 295 g/mol. The lowest BCUT2D eigenvalue weighted by Crippen LogP contribution is -2.35. The topological polar surface area (TPSA) is 57.6 Å². The van der Waals surface area contributed by atoms with Crippen LogP contribution in [0.2, 0.25) is 0 Å². The van der Waals surface area contributed by atoms with Crippen molar-refractivity contribution in [2.45, 2.75) is 38.1 Å².